The Kier molecular flexibility index (Phi) is 4.13. The maximum Gasteiger partial charge on any atom is 0.167 e. The van der Waals surface area contributed by atoms with Crippen molar-refractivity contribution in [3.05, 3.63) is 24.8 Å². The highest BCUT2D eigenvalue weighted by molar-refractivity contribution is 5.83. The first kappa shape index (κ1) is 16.4. The fourth-order valence-corrected chi connectivity index (χ4v) is 3.20. The van der Waals surface area contributed by atoms with Gasteiger partial charge >= 0.3 is 0 Å². The minimum atomic E-state index is -1.22. The van der Waals surface area contributed by atoms with Gasteiger partial charge in [-0.05, 0) is 6.42 Å². The van der Waals surface area contributed by atoms with Crippen LogP contribution < -0.4 is 5.32 Å². The van der Waals surface area contributed by atoms with Crippen LogP contribution in [-0.2, 0) is 4.74 Å². The van der Waals surface area contributed by atoms with Crippen LogP contribution in [0.4, 0.5) is 5.82 Å². The van der Waals surface area contributed by atoms with Crippen LogP contribution in [0.3, 0.4) is 0 Å². The van der Waals surface area contributed by atoms with E-state index in [1.165, 1.54) is 17.2 Å². The Bertz CT molecular complexity index is 796. The number of rotatable bonds is 4. The van der Waals surface area contributed by atoms with Gasteiger partial charge in [0.05, 0.1) is 25.1 Å². The Hall–Kier alpha value is -2.11. The van der Waals surface area contributed by atoms with Crippen LogP contribution in [0.5, 0.6) is 0 Å². The topological polar surface area (TPSA) is 146 Å². The van der Waals surface area contributed by atoms with Gasteiger partial charge in [0.25, 0.3) is 0 Å². The molecule has 2 aliphatic rings. The first-order chi connectivity index (χ1) is 12.1. The molecule has 25 heavy (non-hydrogen) atoms. The lowest BCUT2D eigenvalue weighted by Gasteiger charge is -2.18. The third-order valence-electron chi connectivity index (χ3n) is 4.59. The first-order valence-electron chi connectivity index (χ1n) is 8.01. The molecule has 1 fully saturated rings. The second-order valence-electron chi connectivity index (χ2n) is 6.18. The number of hydrogen-bond acceptors (Lipinski definition) is 9. The van der Waals surface area contributed by atoms with E-state index in [-0.39, 0.29) is 6.04 Å². The van der Waals surface area contributed by atoms with Crippen LogP contribution in [0.1, 0.15) is 12.6 Å². The van der Waals surface area contributed by atoms with Crippen LogP contribution in [0, 0.1) is 0 Å². The zero-order chi connectivity index (χ0) is 17.6. The second kappa shape index (κ2) is 6.32. The molecule has 134 valence electrons. The fourth-order valence-electron chi connectivity index (χ4n) is 3.20. The van der Waals surface area contributed by atoms with Crippen molar-refractivity contribution in [1.29, 1.82) is 0 Å². The molecule has 0 spiro atoms. The Morgan fingerprint density at radius 1 is 1.20 bits per heavy atom. The van der Waals surface area contributed by atoms with Crippen LogP contribution >= 0.6 is 0 Å². The highest BCUT2D eigenvalue weighted by Gasteiger charge is 2.44. The molecule has 2 aromatic heterocycles. The van der Waals surface area contributed by atoms with Gasteiger partial charge in [0.2, 0.25) is 0 Å². The van der Waals surface area contributed by atoms with Crippen LogP contribution in [0.15, 0.2) is 24.8 Å². The lowest BCUT2D eigenvalue weighted by molar-refractivity contribution is -0.0511. The Balaban J connectivity index is 1.66. The van der Waals surface area contributed by atoms with Gasteiger partial charge in [0, 0.05) is 0 Å². The number of aromatic nitrogens is 4. The number of fused-ring (bicyclic) bond motifs is 1. The van der Waals surface area contributed by atoms with Gasteiger partial charge in [-0.1, -0.05) is 12.2 Å². The molecule has 2 aromatic rings. The number of hydrogen-bond donors (Lipinski definition) is 5. The quantitative estimate of drug-likeness (QED) is 0.418. The zero-order valence-electron chi connectivity index (χ0n) is 13.2. The number of anilines is 1. The molecular weight excluding hydrogens is 330 g/mol. The first-order valence-corrected chi connectivity index (χ1v) is 8.01. The molecule has 3 heterocycles. The molecule has 6 atom stereocenters. The van der Waals surface area contributed by atoms with Crippen molar-refractivity contribution in [3.8, 4) is 0 Å². The lowest BCUT2D eigenvalue weighted by atomic mass is 10.1. The summed E-state index contributed by atoms with van der Waals surface area (Å²) >= 11 is 0. The summed E-state index contributed by atoms with van der Waals surface area (Å²) in [4.78, 5) is 12.6. The average Bonchev–Trinajstić information content (AvgIpc) is 3.29. The third kappa shape index (κ3) is 2.68. The number of ether oxygens (including phenoxy) is 1. The second-order valence-corrected chi connectivity index (χ2v) is 6.18. The van der Waals surface area contributed by atoms with Crippen molar-refractivity contribution in [2.24, 2.45) is 0 Å². The summed E-state index contributed by atoms with van der Waals surface area (Å²) in [5, 5.41) is 42.4. The van der Waals surface area contributed by atoms with E-state index in [1.54, 1.807) is 0 Å². The van der Waals surface area contributed by atoms with E-state index in [9.17, 15) is 20.4 Å². The summed E-state index contributed by atoms with van der Waals surface area (Å²) in [5.41, 5.74) is 0.858. The molecule has 0 radical (unpaired) electrons. The summed E-state index contributed by atoms with van der Waals surface area (Å²) in [6, 6.07) is -0.267. The number of nitrogens with zero attached hydrogens (tertiary/aromatic N) is 4. The molecule has 4 unspecified atom stereocenters. The Morgan fingerprint density at radius 3 is 2.72 bits per heavy atom. The number of aliphatic hydroxyl groups is 4. The molecule has 1 aliphatic heterocycles. The van der Waals surface area contributed by atoms with Crippen LogP contribution in [-0.4, -0.2) is 77.0 Å². The van der Waals surface area contributed by atoms with Crippen molar-refractivity contribution < 1.29 is 25.2 Å². The molecule has 5 N–H and O–H groups in total. The monoisotopic (exact) mass is 349 g/mol. The van der Waals surface area contributed by atoms with Gasteiger partial charge in [-0.15, -0.1) is 0 Å². The predicted molar refractivity (Wildman–Crippen MR) is 85.5 cm³/mol. The minimum Gasteiger partial charge on any atom is -0.394 e. The molecule has 0 amide bonds. The standard InChI is InChI=1S/C15H19N5O5/c21-4-9-11(23)12(24)15(25-9)20-6-18-10-13(16-5-17-14(10)20)19-7-2-1-3-8(7)22/h1-2,5-9,11-12,15,21-24H,3-4H2,(H,16,17,19)/t7?,8?,9-,11?,12?,15-/m1/s1. The Morgan fingerprint density at radius 2 is 2.04 bits per heavy atom. The van der Waals surface area contributed by atoms with Gasteiger partial charge in [0.15, 0.2) is 23.2 Å². The van der Waals surface area contributed by atoms with Gasteiger partial charge in [-0.2, -0.15) is 0 Å². The SMILES string of the molecule is OC[C@H]1O[C@@H](n2cnc3c(NC4C=CCC4O)ncnc32)C(O)C1O. The van der Waals surface area contributed by atoms with E-state index in [4.69, 9.17) is 4.74 Å². The number of aliphatic hydroxyl groups excluding tert-OH is 4. The maximum atomic E-state index is 10.2. The number of nitrogens with one attached hydrogen (secondary N) is 1. The normalized spacial score (nSPS) is 34.9. The van der Waals surface area contributed by atoms with Crippen LogP contribution in [0.2, 0.25) is 0 Å². The largest absolute Gasteiger partial charge is 0.394 e. The molecule has 1 aliphatic carbocycles. The van der Waals surface area contributed by atoms with E-state index in [0.717, 1.165) is 0 Å². The molecule has 1 saturated heterocycles. The van der Waals surface area contributed by atoms with Crippen molar-refractivity contribution in [1.82, 2.24) is 19.5 Å². The molecule has 10 heteroatoms. The molecule has 0 aromatic carbocycles. The third-order valence-corrected chi connectivity index (χ3v) is 4.59. The van der Waals surface area contributed by atoms with E-state index in [1.807, 2.05) is 12.2 Å². The maximum absolute atomic E-state index is 10.2. The van der Waals surface area contributed by atoms with E-state index >= 15 is 0 Å². The highest BCUT2D eigenvalue weighted by Crippen LogP contribution is 2.32. The van der Waals surface area contributed by atoms with Gasteiger partial charge < -0.3 is 30.5 Å². The zero-order valence-corrected chi connectivity index (χ0v) is 13.2. The molecule has 10 nitrogen and oxygen atoms in total. The summed E-state index contributed by atoms with van der Waals surface area (Å²) in [6.45, 7) is -0.408. The van der Waals surface area contributed by atoms with Gasteiger partial charge in [-0.3, -0.25) is 4.57 Å². The summed E-state index contributed by atoms with van der Waals surface area (Å²) < 4.78 is 7.01. The smallest absolute Gasteiger partial charge is 0.167 e. The van der Waals surface area contributed by atoms with E-state index in [2.05, 4.69) is 20.3 Å². The summed E-state index contributed by atoms with van der Waals surface area (Å²) in [6.07, 6.45) is 2.34. The van der Waals surface area contributed by atoms with Crippen molar-refractivity contribution >= 4 is 17.0 Å². The predicted octanol–water partition coefficient (Wildman–Crippen LogP) is -1.46. The molecular formula is C15H19N5O5. The van der Waals surface area contributed by atoms with Gasteiger partial charge in [0.1, 0.15) is 24.6 Å². The average molecular weight is 349 g/mol. The molecule has 0 saturated carbocycles. The highest BCUT2D eigenvalue weighted by atomic mass is 16.6. The van der Waals surface area contributed by atoms with Crippen LogP contribution in [0.25, 0.3) is 11.2 Å². The number of imidazole rings is 1. The minimum absolute atomic E-state index is 0.267. The molecule has 4 rings (SSSR count). The summed E-state index contributed by atoms with van der Waals surface area (Å²) in [5.74, 6) is 0.450. The van der Waals surface area contributed by atoms with Crippen molar-refractivity contribution in [2.45, 2.75) is 43.1 Å². The lowest BCUT2D eigenvalue weighted by Crippen LogP contribution is -2.33. The molecule has 0 bridgehead atoms. The fraction of sp³-hybridized carbons (Fsp3) is 0.533. The van der Waals surface area contributed by atoms with E-state index in [0.29, 0.717) is 23.4 Å². The van der Waals surface area contributed by atoms with E-state index < -0.39 is 37.3 Å². The Labute approximate surface area is 142 Å². The van der Waals surface area contributed by atoms with Crippen molar-refractivity contribution in [2.75, 3.05) is 11.9 Å². The summed E-state index contributed by atoms with van der Waals surface area (Å²) in [7, 11) is 0. The van der Waals surface area contributed by atoms with Gasteiger partial charge in [-0.25, -0.2) is 15.0 Å². The van der Waals surface area contributed by atoms with Crippen molar-refractivity contribution in [3.63, 3.8) is 0 Å².